The van der Waals surface area contributed by atoms with Crippen LogP contribution < -0.4 is 15.8 Å². The number of hydrogen-bond acceptors (Lipinski definition) is 7. The third kappa shape index (κ3) is 5.31. The van der Waals surface area contributed by atoms with Crippen LogP contribution in [0.3, 0.4) is 0 Å². The van der Waals surface area contributed by atoms with E-state index in [1.54, 1.807) is 6.92 Å². The van der Waals surface area contributed by atoms with Crippen LogP contribution in [0, 0.1) is 10.1 Å². The second kappa shape index (κ2) is 6.95. The van der Waals surface area contributed by atoms with Crippen LogP contribution in [0.1, 0.15) is 17.3 Å². The Morgan fingerprint density at radius 2 is 2.19 bits per heavy atom. The summed E-state index contributed by atoms with van der Waals surface area (Å²) in [7, 11) is -3.72. The van der Waals surface area contributed by atoms with Gasteiger partial charge in [-0.2, -0.15) is 0 Å². The molecule has 0 atom stereocenters. The summed E-state index contributed by atoms with van der Waals surface area (Å²) in [5.74, 6) is -0.927. The second-order valence-corrected chi connectivity index (χ2v) is 5.73. The molecule has 4 N–H and O–H groups in total. The van der Waals surface area contributed by atoms with Gasteiger partial charge in [-0.1, -0.05) is 0 Å². The van der Waals surface area contributed by atoms with Crippen molar-refractivity contribution >= 4 is 27.4 Å². The van der Waals surface area contributed by atoms with Crippen LogP contribution >= 0.6 is 0 Å². The fourth-order valence-electron chi connectivity index (χ4n) is 1.46. The third-order valence-electron chi connectivity index (χ3n) is 2.35. The summed E-state index contributed by atoms with van der Waals surface area (Å²) in [6, 6.07) is 1.23. The molecule has 116 valence electrons. The lowest BCUT2D eigenvalue weighted by atomic mass is 10.2. The lowest BCUT2D eigenvalue weighted by Gasteiger charge is -2.07. The van der Waals surface area contributed by atoms with Gasteiger partial charge in [0.05, 0.1) is 10.7 Å². The molecule has 0 spiro atoms. The number of primary sulfonamides is 1. The highest BCUT2D eigenvalue weighted by atomic mass is 32.2. The molecule has 21 heavy (non-hydrogen) atoms. The third-order valence-corrected chi connectivity index (χ3v) is 3.13. The summed E-state index contributed by atoms with van der Waals surface area (Å²) >= 11 is 0. The molecule has 10 nitrogen and oxygen atoms in total. The zero-order valence-electron chi connectivity index (χ0n) is 11.2. The summed E-state index contributed by atoms with van der Waals surface area (Å²) in [4.78, 5) is 25.8. The predicted octanol–water partition coefficient (Wildman–Crippen LogP) is -0.560. The Kier molecular flexibility index (Phi) is 5.55. The minimum absolute atomic E-state index is 0.208. The van der Waals surface area contributed by atoms with Crippen molar-refractivity contribution in [2.24, 2.45) is 5.14 Å². The number of anilines is 1. The zero-order chi connectivity index (χ0) is 16.0. The quantitative estimate of drug-likeness (QED) is 0.449. The Bertz CT molecular complexity index is 645. The van der Waals surface area contributed by atoms with Crippen molar-refractivity contribution in [3.63, 3.8) is 0 Å². The van der Waals surface area contributed by atoms with E-state index in [0.29, 0.717) is 12.4 Å². The molecule has 0 fully saturated rings. The lowest BCUT2D eigenvalue weighted by molar-refractivity contribution is -0.385. The number of nitrogens with two attached hydrogens (primary N) is 1. The smallest absolute Gasteiger partial charge is 0.300 e. The number of pyridine rings is 1. The molecule has 1 amide bonds. The van der Waals surface area contributed by atoms with Crippen molar-refractivity contribution in [3.8, 4) is 0 Å². The van der Waals surface area contributed by atoms with E-state index in [4.69, 9.17) is 5.14 Å². The number of carbonyl (C=O) groups excluding carboxylic acids is 1. The largest absolute Gasteiger partial charge is 0.370 e. The number of hydrogen-bond donors (Lipinski definition) is 3. The van der Waals surface area contributed by atoms with Crippen molar-refractivity contribution in [1.82, 2.24) is 10.3 Å². The van der Waals surface area contributed by atoms with Crippen LogP contribution in [0.5, 0.6) is 0 Å². The topological polar surface area (TPSA) is 157 Å². The highest BCUT2D eigenvalue weighted by molar-refractivity contribution is 7.89. The molecule has 0 aliphatic carbocycles. The molecule has 0 bridgehead atoms. The molecule has 1 aromatic rings. The van der Waals surface area contributed by atoms with Gasteiger partial charge in [0.15, 0.2) is 0 Å². The normalized spacial score (nSPS) is 11.0. The van der Waals surface area contributed by atoms with Crippen LogP contribution in [0.15, 0.2) is 12.3 Å². The fraction of sp³-hybridized carbons (Fsp3) is 0.400. The van der Waals surface area contributed by atoms with Crippen molar-refractivity contribution in [2.45, 2.75) is 6.92 Å². The standard InChI is InChI=1S/C10H15N5O5S/c1-2-12-9-5-7(8(6-14-9)15(17)18)10(16)13-3-4-21(11,19)20/h5-6H,2-4H2,1H3,(H,12,14)(H,13,16)(H2,11,19,20). The van der Waals surface area contributed by atoms with E-state index >= 15 is 0 Å². The lowest BCUT2D eigenvalue weighted by Crippen LogP contribution is -2.31. The van der Waals surface area contributed by atoms with Crippen LogP contribution in [0.2, 0.25) is 0 Å². The second-order valence-electron chi connectivity index (χ2n) is 4.00. The van der Waals surface area contributed by atoms with Gasteiger partial charge in [0.2, 0.25) is 10.0 Å². The Labute approximate surface area is 120 Å². The number of nitro groups is 1. The van der Waals surface area contributed by atoms with Crippen LogP contribution in [-0.4, -0.2) is 43.1 Å². The first-order valence-corrected chi connectivity index (χ1v) is 7.63. The van der Waals surface area contributed by atoms with Crippen LogP contribution in [0.25, 0.3) is 0 Å². The van der Waals surface area contributed by atoms with E-state index < -0.39 is 32.3 Å². The minimum atomic E-state index is -3.72. The van der Waals surface area contributed by atoms with Gasteiger partial charge < -0.3 is 10.6 Å². The molecule has 0 saturated heterocycles. The number of nitrogens with one attached hydrogen (secondary N) is 2. The summed E-state index contributed by atoms with van der Waals surface area (Å²) in [6.45, 7) is 2.08. The number of carbonyl (C=O) groups is 1. The van der Waals surface area contributed by atoms with Gasteiger partial charge in [-0.25, -0.2) is 18.5 Å². The number of aromatic nitrogens is 1. The van der Waals surface area contributed by atoms with Crippen LogP contribution in [-0.2, 0) is 10.0 Å². The van der Waals surface area contributed by atoms with Crippen molar-refractivity contribution in [1.29, 1.82) is 0 Å². The number of sulfonamides is 1. The Hall–Kier alpha value is -2.27. The molecule has 0 radical (unpaired) electrons. The average molecular weight is 317 g/mol. The van der Waals surface area contributed by atoms with E-state index in [1.165, 1.54) is 6.07 Å². The summed E-state index contributed by atoms with van der Waals surface area (Å²) in [6.07, 6.45) is 0.965. The SMILES string of the molecule is CCNc1cc(C(=O)NCCS(N)(=O)=O)c([N+](=O)[O-])cn1. The van der Waals surface area contributed by atoms with Gasteiger partial charge >= 0.3 is 0 Å². The number of nitrogens with zero attached hydrogens (tertiary/aromatic N) is 2. The molecule has 0 aromatic carbocycles. The van der Waals surface area contributed by atoms with Gasteiger partial charge in [0, 0.05) is 19.2 Å². The Balaban J connectivity index is 2.94. The Morgan fingerprint density at radius 1 is 1.52 bits per heavy atom. The molecule has 1 aromatic heterocycles. The molecule has 0 aliphatic rings. The van der Waals surface area contributed by atoms with Crippen molar-refractivity contribution in [2.75, 3.05) is 24.2 Å². The van der Waals surface area contributed by atoms with Gasteiger partial charge in [-0.05, 0) is 6.92 Å². The maximum absolute atomic E-state index is 11.9. The van der Waals surface area contributed by atoms with Gasteiger partial charge in [0.1, 0.15) is 17.6 Å². The zero-order valence-corrected chi connectivity index (χ0v) is 12.0. The van der Waals surface area contributed by atoms with Crippen LogP contribution in [0.4, 0.5) is 11.5 Å². The maximum atomic E-state index is 11.9. The first-order chi connectivity index (χ1) is 9.74. The first-order valence-electron chi connectivity index (χ1n) is 5.91. The molecular weight excluding hydrogens is 302 g/mol. The summed E-state index contributed by atoms with van der Waals surface area (Å²) < 4.78 is 21.5. The van der Waals surface area contributed by atoms with E-state index in [-0.39, 0.29) is 12.1 Å². The van der Waals surface area contributed by atoms with E-state index in [9.17, 15) is 23.3 Å². The number of amides is 1. The first kappa shape index (κ1) is 16.8. The molecule has 0 saturated carbocycles. The fourth-order valence-corrected chi connectivity index (χ4v) is 1.84. The maximum Gasteiger partial charge on any atom is 0.300 e. The predicted molar refractivity (Wildman–Crippen MR) is 75.4 cm³/mol. The van der Waals surface area contributed by atoms with E-state index in [1.807, 2.05) is 0 Å². The van der Waals surface area contributed by atoms with Gasteiger partial charge in [-0.15, -0.1) is 0 Å². The van der Waals surface area contributed by atoms with Gasteiger partial charge in [0.25, 0.3) is 11.6 Å². The molecule has 1 rings (SSSR count). The number of rotatable bonds is 7. The van der Waals surface area contributed by atoms with E-state index in [0.717, 1.165) is 6.20 Å². The molecule has 1 heterocycles. The highest BCUT2D eigenvalue weighted by Crippen LogP contribution is 2.20. The molecule has 0 unspecified atom stereocenters. The Morgan fingerprint density at radius 3 is 2.71 bits per heavy atom. The monoisotopic (exact) mass is 317 g/mol. The summed E-state index contributed by atoms with van der Waals surface area (Å²) in [5, 5.41) is 20.8. The highest BCUT2D eigenvalue weighted by Gasteiger charge is 2.21. The van der Waals surface area contributed by atoms with Crippen molar-refractivity contribution < 1.29 is 18.1 Å². The van der Waals surface area contributed by atoms with E-state index in [2.05, 4.69) is 15.6 Å². The average Bonchev–Trinajstić information content (AvgIpc) is 2.37. The van der Waals surface area contributed by atoms with Crippen molar-refractivity contribution in [3.05, 3.63) is 27.9 Å². The molecule has 11 heteroatoms. The minimum Gasteiger partial charge on any atom is -0.370 e. The summed E-state index contributed by atoms with van der Waals surface area (Å²) in [5.41, 5.74) is -0.676. The van der Waals surface area contributed by atoms with Gasteiger partial charge in [-0.3, -0.25) is 14.9 Å². The molecule has 0 aliphatic heterocycles. The molecular formula is C10H15N5O5S.